The van der Waals surface area contributed by atoms with Gasteiger partial charge in [-0.3, -0.25) is 0 Å². The third-order valence-corrected chi connectivity index (χ3v) is 3.61. The number of fused-ring (bicyclic) bond motifs is 1. The van der Waals surface area contributed by atoms with Crippen LogP contribution in [0.1, 0.15) is 12.8 Å². The molecule has 18 heavy (non-hydrogen) atoms. The van der Waals surface area contributed by atoms with Crippen LogP contribution in [0.3, 0.4) is 0 Å². The van der Waals surface area contributed by atoms with Crippen LogP contribution in [-0.2, 0) is 7.05 Å². The van der Waals surface area contributed by atoms with Crippen LogP contribution in [0.5, 0.6) is 0 Å². The number of piperidine rings is 1. The van der Waals surface area contributed by atoms with Crippen LogP contribution in [-0.4, -0.2) is 34.1 Å². The van der Waals surface area contributed by atoms with Crippen molar-refractivity contribution in [1.29, 1.82) is 0 Å². The molecule has 1 aliphatic rings. The molecule has 1 fully saturated rings. The van der Waals surface area contributed by atoms with Crippen LogP contribution < -0.4 is 4.90 Å². The Labute approximate surface area is 106 Å². The number of aryl methyl sites for hydroxylation is 1. The van der Waals surface area contributed by atoms with Gasteiger partial charge in [-0.15, -0.1) is 5.10 Å². The van der Waals surface area contributed by atoms with Gasteiger partial charge in [0.15, 0.2) is 0 Å². The molecular formula is C13H15N5. The molecule has 0 saturated carbocycles. The summed E-state index contributed by atoms with van der Waals surface area (Å²) in [7, 11) is 1.91. The fraction of sp³-hybridized carbons (Fsp3) is 0.462. The third kappa shape index (κ3) is 1.70. The fourth-order valence-corrected chi connectivity index (χ4v) is 2.53. The van der Waals surface area contributed by atoms with E-state index >= 15 is 0 Å². The molecule has 2 aromatic rings. The lowest BCUT2D eigenvalue weighted by atomic mass is 10.0. The molecule has 3 rings (SSSR count). The summed E-state index contributed by atoms with van der Waals surface area (Å²) in [6.07, 6.45) is 1.89. The van der Waals surface area contributed by atoms with Gasteiger partial charge in [0, 0.05) is 33.0 Å². The van der Waals surface area contributed by atoms with Crippen molar-refractivity contribution in [2.75, 3.05) is 18.0 Å². The van der Waals surface area contributed by atoms with E-state index in [-0.39, 0.29) is 6.04 Å². The molecule has 1 saturated heterocycles. The maximum atomic E-state index is 7.08. The van der Waals surface area contributed by atoms with Gasteiger partial charge in [-0.05, 0) is 12.1 Å². The quantitative estimate of drug-likeness (QED) is 0.715. The van der Waals surface area contributed by atoms with Crippen molar-refractivity contribution in [3.63, 3.8) is 0 Å². The highest BCUT2D eigenvalue weighted by Gasteiger charge is 2.24. The average Bonchev–Trinajstić information content (AvgIpc) is 2.81. The van der Waals surface area contributed by atoms with Gasteiger partial charge < -0.3 is 9.74 Å². The highest BCUT2D eigenvalue weighted by Crippen LogP contribution is 2.27. The molecule has 0 unspecified atom stereocenters. The number of nitrogens with zero attached hydrogens (tertiary/aromatic N) is 5. The normalized spacial score (nSPS) is 17.0. The minimum absolute atomic E-state index is 0.197. The average molecular weight is 241 g/mol. The topological polar surface area (TPSA) is 38.3 Å². The molecule has 92 valence electrons. The number of hydrogen-bond donors (Lipinski definition) is 0. The van der Waals surface area contributed by atoms with E-state index in [2.05, 4.69) is 26.1 Å². The summed E-state index contributed by atoms with van der Waals surface area (Å²) >= 11 is 0. The van der Waals surface area contributed by atoms with Crippen molar-refractivity contribution >= 4 is 16.7 Å². The van der Waals surface area contributed by atoms with E-state index in [0.717, 1.165) is 42.7 Å². The summed E-state index contributed by atoms with van der Waals surface area (Å²) < 4.78 is 1.80. The summed E-state index contributed by atoms with van der Waals surface area (Å²) in [5.41, 5.74) is 3.16. The highest BCUT2D eigenvalue weighted by atomic mass is 15.4. The molecule has 1 aromatic heterocycles. The smallest absolute Gasteiger partial charge is 0.227 e. The van der Waals surface area contributed by atoms with E-state index in [1.54, 1.807) is 4.68 Å². The van der Waals surface area contributed by atoms with Gasteiger partial charge in [0.1, 0.15) is 5.52 Å². The van der Waals surface area contributed by atoms with E-state index in [1.807, 2.05) is 19.2 Å². The number of rotatable bonds is 1. The standard InChI is InChI=1S/C13H15N5/c1-14-10-6-8-18(9-7-10)12-5-3-4-11-13(12)15-16-17(11)2/h3-5,10H,6-9H2,2H3. The molecule has 5 heteroatoms. The SMILES string of the molecule is [C-]#[N+]C1CCN(c2cccc3c2nnn3C)CC1. The van der Waals surface area contributed by atoms with Gasteiger partial charge in [0.25, 0.3) is 0 Å². The zero-order valence-corrected chi connectivity index (χ0v) is 10.4. The number of hydrogen-bond acceptors (Lipinski definition) is 3. The van der Waals surface area contributed by atoms with Crippen molar-refractivity contribution in [2.24, 2.45) is 7.05 Å². The molecule has 2 heterocycles. The zero-order valence-electron chi connectivity index (χ0n) is 10.4. The van der Waals surface area contributed by atoms with Crippen molar-refractivity contribution in [1.82, 2.24) is 15.0 Å². The summed E-state index contributed by atoms with van der Waals surface area (Å²) in [6.45, 7) is 8.95. The van der Waals surface area contributed by atoms with Gasteiger partial charge >= 0.3 is 0 Å². The van der Waals surface area contributed by atoms with Crippen LogP contribution in [0.25, 0.3) is 15.9 Å². The molecule has 1 aromatic carbocycles. The summed E-state index contributed by atoms with van der Waals surface area (Å²) in [4.78, 5) is 5.95. The van der Waals surface area contributed by atoms with Crippen LogP contribution in [0.4, 0.5) is 5.69 Å². The van der Waals surface area contributed by atoms with Crippen molar-refractivity contribution in [3.05, 3.63) is 29.6 Å². The third-order valence-electron chi connectivity index (χ3n) is 3.61. The Kier molecular flexibility index (Phi) is 2.63. The predicted molar refractivity (Wildman–Crippen MR) is 70.3 cm³/mol. The lowest BCUT2D eigenvalue weighted by molar-refractivity contribution is 0.549. The van der Waals surface area contributed by atoms with E-state index < -0.39 is 0 Å². The van der Waals surface area contributed by atoms with E-state index in [0.29, 0.717) is 0 Å². The molecule has 0 radical (unpaired) electrons. The largest absolute Gasteiger partial charge is 0.369 e. The van der Waals surface area contributed by atoms with E-state index in [1.165, 1.54) is 0 Å². The van der Waals surface area contributed by atoms with Gasteiger partial charge in [-0.25, -0.2) is 11.3 Å². The fourth-order valence-electron chi connectivity index (χ4n) is 2.53. The molecule has 0 bridgehead atoms. The highest BCUT2D eigenvalue weighted by molar-refractivity contribution is 5.88. The van der Waals surface area contributed by atoms with E-state index in [4.69, 9.17) is 6.57 Å². The molecule has 0 amide bonds. The van der Waals surface area contributed by atoms with Gasteiger partial charge in [-0.2, -0.15) is 0 Å². The second-order valence-electron chi connectivity index (χ2n) is 4.71. The van der Waals surface area contributed by atoms with Crippen LogP contribution in [0, 0.1) is 6.57 Å². The number of benzene rings is 1. The zero-order chi connectivity index (χ0) is 12.5. The van der Waals surface area contributed by atoms with Crippen LogP contribution >= 0.6 is 0 Å². The van der Waals surface area contributed by atoms with Gasteiger partial charge in [0.2, 0.25) is 6.04 Å². The molecule has 0 aliphatic carbocycles. The van der Waals surface area contributed by atoms with Gasteiger partial charge in [0.05, 0.1) is 11.2 Å². The minimum Gasteiger partial charge on any atom is -0.369 e. The Hall–Kier alpha value is -2.09. The van der Waals surface area contributed by atoms with Crippen molar-refractivity contribution < 1.29 is 0 Å². The van der Waals surface area contributed by atoms with Gasteiger partial charge in [-0.1, -0.05) is 11.3 Å². The Morgan fingerprint density at radius 3 is 2.83 bits per heavy atom. The summed E-state index contributed by atoms with van der Waals surface area (Å²) in [5.74, 6) is 0. The maximum Gasteiger partial charge on any atom is 0.227 e. The molecule has 5 nitrogen and oxygen atoms in total. The Morgan fingerprint density at radius 2 is 2.11 bits per heavy atom. The Balaban J connectivity index is 1.94. The Morgan fingerprint density at radius 1 is 1.33 bits per heavy atom. The van der Waals surface area contributed by atoms with Crippen molar-refractivity contribution in [3.8, 4) is 0 Å². The first kappa shape index (κ1) is 11.0. The second kappa shape index (κ2) is 4.30. The first-order valence-electron chi connectivity index (χ1n) is 6.19. The maximum absolute atomic E-state index is 7.08. The molecule has 0 atom stereocenters. The predicted octanol–water partition coefficient (Wildman–Crippen LogP) is 1.86. The van der Waals surface area contributed by atoms with Crippen LogP contribution in [0.2, 0.25) is 0 Å². The first-order valence-corrected chi connectivity index (χ1v) is 6.19. The molecular weight excluding hydrogens is 226 g/mol. The summed E-state index contributed by atoms with van der Waals surface area (Å²) in [5, 5.41) is 8.32. The summed E-state index contributed by atoms with van der Waals surface area (Å²) in [6, 6.07) is 6.37. The number of aromatic nitrogens is 3. The molecule has 0 N–H and O–H groups in total. The Bertz CT molecular complexity index is 601. The lowest BCUT2D eigenvalue weighted by Crippen LogP contribution is -2.34. The number of anilines is 1. The monoisotopic (exact) mass is 241 g/mol. The minimum atomic E-state index is 0.197. The molecule has 1 aliphatic heterocycles. The van der Waals surface area contributed by atoms with E-state index in [9.17, 15) is 0 Å². The molecule has 0 spiro atoms. The first-order chi connectivity index (χ1) is 8.79. The second-order valence-corrected chi connectivity index (χ2v) is 4.71. The lowest BCUT2D eigenvalue weighted by Gasteiger charge is -2.29. The van der Waals surface area contributed by atoms with Crippen LogP contribution in [0.15, 0.2) is 18.2 Å². The van der Waals surface area contributed by atoms with Crippen molar-refractivity contribution in [2.45, 2.75) is 18.9 Å².